The Morgan fingerprint density at radius 1 is 1.03 bits per heavy atom. The Balaban J connectivity index is 1.51. The van der Waals surface area contributed by atoms with Crippen molar-refractivity contribution in [2.75, 3.05) is 6.61 Å². The summed E-state index contributed by atoms with van der Waals surface area (Å²) < 4.78 is 31.7. The number of ketones is 1. The summed E-state index contributed by atoms with van der Waals surface area (Å²) in [6.45, 7) is 4.92. The number of hydrogen-bond donors (Lipinski definition) is 1. The van der Waals surface area contributed by atoms with E-state index in [-0.39, 0.29) is 16.2 Å². The zero-order valence-electron chi connectivity index (χ0n) is 18.1. The van der Waals surface area contributed by atoms with Crippen LogP contribution in [-0.2, 0) is 14.8 Å². The third-order valence-electron chi connectivity index (χ3n) is 5.30. The van der Waals surface area contributed by atoms with Crippen LogP contribution in [0.3, 0.4) is 0 Å². The van der Waals surface area contributed by atoms with Gasteiger partial charge in [-0.3, -0.25) is 9.20 Å². The SMILES string of the molecule is Cc1cc(C(=O)COC(=O)c2ccc3nnc(C)n3c2)c(C)n1-c1ccc(S(N)(=O)=O)cc1. The molecule has 3 heterocycles. The van der Waals surface area contributed by atoms with Gasteiger partial charge in [-0.25, -0.2) is 18.4 Å². The van der Waals surface area contributed by atoms with E-state index in [0.29, 0.717) is 28.4 Å². The molecule has 170 valence electrons. The first-order valence-electron chi connectivity index (χ1n) is 9.90. The highest BCUT2D eigenvalue weighted by Crippen LogP contribution is 2.22. The van der Waals surface area contributed by atoms with Crippen LogP contribution in [0.1, 0.15) is 37.9 Å². The van der Waals surface area contributed by atoms with Crippen molar-refractivity contribution in [3.63, 3.8) is 0 Å². The van der Waals surface area contributed by atoms with E-state index in [2.05, 4.69) is 10.2 Å². The fraction of sp³-hybridized carbons (Fsp3) is 0.182. The molecule has 0 fully saturated rings. The lowest BCUT2D eigenvalue weighted by Gasteiger charge is -2.11. The van der Waals surface area contributed by atoms with E-state index in [1.165, 1.54) is 12.1 Å². The van der Waals surface area contributed by atoms with Crippen molar-refractivity contribution in [1.29, 1.82) is 0 Å². The molecule has 10 nitrogen and oxygen atoms in total. The number of Topliss-reactive ketones (excluding diaryl/α,β-unsaturated/α-hetero) is 1. The lowest BCUT2D eigenvalue weighted by atomic mass is 10.1. The molecule has 0 saturated heterocycles. The molecule has 0 bridgehead atoms. The largest absolute Gasteiger partial charge is 0.454 e. The Hall–Kier alpha value is -3.83. The molecular formula is C22H21N5O5S. The van der Waals surface area contributed by atoms with E-state index in [0.717, 1.165) is 5.69 Å². The number of fused-ring (bicyclic) bond motifs is 1. The summed E-state index contributed by atoms with van der Waals surface area (Å²) >= 11 is 0. The van der Waals surface area contributed by atoms with Gasteiger partial charge in [-0.1, -0.05) is 0 Å². The fourth-order valence-electron chi connectivity index (χ4n) is 3.65. The van der Waals surface area contributed by atoms with Gasteiger partial charge < -0.3 is 9.30 Å². The van der Waals surface area contributed by atoms with Crippen LogP contribution < -0.4 is 5.14 Å². The van der Waals surface area contributed by atoms with Gasteiger partial charge in [0.05, 0.1) is 10.5 Å². The van der Waals surface area contributed by atoms with Gasteiger partial charge in [0, 0.05) is 28.8 Å². The molecule has 0 saturated carbocycles. The number of aromatic nitrogens is 4. The smallest absolute Gasteiger partial charge is 0.340 e. The van der Waals surface area contributed by atoms with Crippen molar-refractivity contribution in [3.05, 3.63) is 77.0 Å². The third-order valence-corrected chi connectivity index (χ3v) is 6.23. The van der Waals surface area contributed by atoms with Crippen molar-refractivity contribution in [2.45, 2.75) is 25.7 Å². The van der Waals surface area contributed by atoms with Crippen LogP contribution in [0.2, 0.25) is 0 Å². The van der Waals surface area contributed by atoms with Crippen molar-refractivity contribution >= 4 is 27.4 Å². The minimum Gasteiger partial charge on any atom is -0.454 e. The van der Waals surface area contributed by atoms with Gasteiger partial charge in [-0.2, -0.15) is 0 Å². The Morgan fingerprint density at radius 3 is 2.39 bits per heavy atom. The first-order chi connectivity index (χ1) is 15.6. The lowest BCUT2D eigenvalue weighted by molar-refractivity contribution is 0.0474. The second kappa shape index (κ2) is 8.26. The van der Waals surface area contributed by atoms with Gasteiger partial charge in [-0.05, 0) is 63.2 Å². The second-order valence-corrected chi connectivity index (χ2v) is 9.11. The molecule has 0 aliphatic rings. The highest BCUT2D eigenvalue weighted by atomic mass is 32.2. The molecule has 11 heteroatoms. The number of rotatable bonds is 6. The topological polar surface area (TPSA) is 139 Å². The molecule has 0 aliphatic carbocycles. The fourth-order valence-corrected chi connectivity index (χ4v) is 4.16. The number of hydrogen-bond acceptors (Lipinski definition) is 7. The Bertz CT molecular complexity index is 1500. The van der Waals surface area contributed by atoms with Gasteiger partial charge in [0.15, 0.2) is 12.3 Å². The molecule has 4 rings (SSSR count). The molecule has 33 heavy (non-hydrogen) atoms. The summed E-state index contributed by atoms with van der Waals surface area (Å²) in [5.41, 5.74) is 3.35. The van der Waals surface area contributed by atoms with Crippen LogP contribution >= 0.6 is 0 Å². The number of nitrogens with zero attached hydrogens (tertiary/aromatic N) is 4. The predicted molar refractivity (Wildman–Crippen MR) is 119 cm³/mol. The first kappa shape index (κ1) is 22.4. The number of aryl methyl sites for hydroxylation is 2. The summed E-state index contributed by atoms with van der Waals surface area (Å²) in [5.74, 6) is -0.364. The molecule has 0 amide bonds. The van der Waals surface area contributed by atoms with E-state index in [1.54, 1.807) is 54.8 Å². The molecule has 0 aliphatic heterocycles. The quantitative estimate of drug-likeness (QED) is 0.338. The summed E-state index contributed by atoms with van der Waals surface area (Å²) in [6, 6.07) is 10.9. The van der Waals surface area contributed by atoms with Crippen molar-refractivity contribution in [1.82, 2.24) is 19.2 Å². The van der Waals surface area contributed by atoms with E-state index in [9.17, 15) is 18.0 Å². The summed E-state index contributed by atoms with van der Waals surface area (Å²) in [5, 5.41) is 13.1. The number of pyridine rings is 1. The number of primary sulfonamides is 1. The highest BCUT2D eigenvalue weighted by Gasteiger charge is 2.19. The molecule has 0 unspecified atom stereocenters. The van der Waals surface area contributed by atoms with Gasteiger partial charge in [0.25, 0.3) is 0 Å². The van der Waals surface area contributed by atoms with E-state index in [4.69, 9.17) is 9.88 Å². The van der Waals surface area contributed by atoms with Gasteiger partial charge in [0.1, 0.15) is 5.82 Å². The van der Waals surface area contributed by atoms with Crippen LogP contribution in [0.25, 0.3) is 11.3 Å². The molecule has 0 radical (unpaired) electrons. The van der Waals surface area contributed by atoms with E-state index < -0.39 is 22.6 Å². The van der Waals surface area contributed by atoms with Crippen LogP contribution in [0, 0.1) is 20.8 Å². The molecule has 3 aromatic heterocycles. The molecule has 0 spiro atoms. The molecule has 0 atom stereocenters. The maximum Gasteiger partial charge on any atom is 0.340 e. The van der Waals surface area contributed by atoms with Crippen molar-refractivity contribution in [2.24, 2.45) is 5.14 Å². The number of esters is 1. The lowest BCUT2D eigenvalue weighted by Crippen LogP contribution is -2.15. The minimum atomic E-state index is -3.80. The van der Waals surface area contributed by atoms with Crippen LogP contribution in [-0.4, -0.2) is 45.9 Å². The number of ether oxygens (including phenoxy) is 1. The van der Waals surface area contributed by atoms with Crippen molar-refractivity contribution < 1.29 is 22.7 Å². The normalized spacial score (nSPS) is 11.6. The molecule has 4 aromatic rings. The number of sulfonamides is 1. The Labute approximate surface area is 189 Å². The van der Waals surface area contributed by atoms with Gasteiger partial charge in [-0.15, -0.1) is 10.2 Å². The zero-order valence-corrected chi connectivity index (χ0v) is 19.0. The third kappa shape index (κ3) is 4.28. The van der Waals surface area contributed by atoms with Gasteiger partial charge >= 0.3 is 5.97 Å². The summed E-state index contributed by atoms with van der Waals surface area (Å²) in [7, 11) is -3.80. The molecular weight excluding hydrogens is 446 g/mol. The standard InChI is InChI=1S/C22H21N5O5S/c1-13-10-19(14(2)27(13)17-5-7-18(8-6-17)33(23,30)31)20(28)12-32-22(29)16-4-9-21-25-24-15(3)26(21)11-16/h4-11H,12H2,1-3H3,(H2,23,30,31). The second-order valence-electron chi connectivity index (χ2n) is 7.55. The molecule has 2 N–H and O–H groups in total. The average Bonchev–Trinajstić information content (AvgIpc) is 3.29. The maximum atomic E-state index is 12.8. The Morgan fingerprint density at radius 2 is 1.73 bits per heavy atom. The van der Waals surface area contributed by atoms with Crippen molar-refractivity contribution in [3.8, 4) is 5.69 Å². The average molecular weight is 468 g/mol. The first-order valence-corrected chi connectivity index (χ1v) is 11.4. The Kier molecular flexibility index (Phi) is 5.60. The maximum absolute atomic E-state index is 12.8. The summed E-state index contributed by atoms with van der Waals surface area (Å²) in [6.07, 6.45) is 1.56. The predicted octanol–water partition coefficient (Wildman–Crippen LogP) is 2.13. The number of carbonyl (C=O) groups excluding carboxylic acids is 2. The van der Waals surface area contributed by atoms with E-state index >= 15 is 0 Å². The zero-order chi connectivity index (χ0) is 23.9. The number of benzene rings is 1. The number of carbonyl (C=O) groups is 2. The van der Waals surface area contributed by atoms with Crippen LogP contribution in [0.5, 0.6) is 0 Å². The van der Waals surface area contributed by atoms with Crippen LogP contribution in [0.4, 0.5) is 0 Å². The van der Waals surface area contributed by atoms with Crippen LogP contribution in [0.15, 0.2) is 53.6 Å². The van der Waals surface area contributed by atoms with Gasteiger partial charge in [0.2, 0.25) is 15.8 Å². The van der Waals surface area contributed by atoms with E-state index in [1.807, 2.05) is 11.5 Å². The highest BCUT2D eigenvalue weighted by molar-refractivity contribution is 7.89. The monoisotopic (exact) mass is 467 g/mol. The number of nitrogens with two attached hydrogens (primary N) is 1. The minimum absolute atomic E-state index is 0.00298. The summed E-state index contributed by atoms with van der Waals surface area (Å²) in [4.78, 5) is 25.2. The molecule has 1 aromatic carbocycles.